The second-order valence-corrected chi connectivity index (χ2v) is 4.89. The van der Waals surface area contributed by atoms with Crippen molar-refractivity contribution in [1.29, 1.82) is 0 Å². The molecular formula is C13H12N2OS. The summed E-state index contributed by atoms with van der Waals surface area (Å²) < 4.78 is 0. The summed E-state index contributed by atoms with van der Waals surface area (Å²) in [5.74, 6) is 0.159. The van der Waals surface area contributed by atoms with Crippen LogP contribution in [0.3, 0.4) is 0 Å². The SMILES string of the molecule is O=C(Cc1cscn1)N1Cc2ccccc2C1. The molecule has 0 bridgehead atoms. The molecule has 0 saturated carbocycles. The van der Waals surface area contributed by atoms with Crippen LogP contribution in [0.1, 0.15) is 16.8 Å². The van der Waals surface area contributed by atoms with Crippen molar-refractivity contribution in [2.45, 2.75) is 19.5 Å². The highest BCUT2D eigenvalue weighted by atomic mass is 32.1. The molecule has 1 aromatic heterocycles. The molecule has 0 spiro atoms. The minimum atomic E-state index is 0.159. The van der Waals surface area contributed by atoms with E-state index in [2.05, 4.69) is 17.1 Å². The fourth-order valence-electron chi connectivity index (χ4n) is 2.10. The van der Waals surface area contributed by atoms with Gasteiger partial charge in [-0.2, -0.15) is 0 Å². The molecule has 3 nitrogen and oxygen atoms in total. The molecule has 0 fully saturated rings. The van der Waals surface area contributed by atoms with E-state index in [1.54, 1.807) is 5.51 Å². The molecule has 2 aromatic rings. The first kappa shape index (κ1) is 10.5. The fraction of sp³-hybridized carbons (Fsp3) is 0.231. The maximum absolute atomic E-state index is 12.1. The summed E-state index contributed by atoms with van der Waals surface area (Å²) in [4.78, 5) is 18.1. The van der Waals surface area contributed by atoms with E-state index in [1.807, 2.05) is 22.4 Å². The van der Waals surface area contributed by atoms with Gasteiger partial charge in [-0.1, -0.05) is 24.3 Å². The van der Waals surface area contributed by atoms with Crippen LogP contribution >= 0.6 is 11.3 Å². The number of carbonyl (C=O) groups is 1. The number of nitrogens with zero attached hydrogens (tertiary/aromatic N) is 2. The molecule has 0 saturated heterocycles. The van der Waals surface area contributed by atoms with Crippen molar-refractivity contribution >= 4 is 17.2 Å². The molecule has 1 amide bonds. The molecule has 86 valence electrons. The molecule has 2 heterocycles. The highest BCUT2D eigenvalue weighted by Crippen LogP contribution is 2.22. The largest absolute Gasteiger partial charge is 0.334 e. The Hall–Kier alpha value is -1.68. The van der Waals surface area contributed by atoms with Crippen LogP contribution in [0.25, 0.3) is 0 Å². The van der Waals surface area contributed by atoms with Gasteiger partial charge in [0.25, 0.3) is 0 Å². The number of benzene rings is 1. The van der Waals surface area contributed by atoms with E-state index in [0.29, 0.717) is 6.42 Å². The van der Waals surface area contributed by atoms with Crippen LogP contribution in [0.4, 0.5) is 0 Å². The van der Waals surface area contributed by atoms with Crippen LogP contribution in [0.2, 0.25) is 0 Å². The molecule has 1 aliphatic heterocycles. The summed E-state index contributed by atoms with van der Waals surface area (Å²) in [5, 5.41) is 1.93. The Kier molecular flexibility index (Phi) is 2.65. The van der Waals surface area contributed by atoms with E-state index in [9.17, 15) is 4.79 Å². The molecule has 0 atom stereocenters. The molecule has 0 aliphatic carbocycles. The van der Waals surface area contributed by atoms with E-state index in [-0.39, 0.29) is 5.91 Å². The van der Waals surface area contributed by atoms with Crippen molar-refractivity contribution < 1.29 is 4.79 Å². The second kappa shape index (κ2) is 4.30. The van der Waals surface area contributed by atoms with Crippen molar-refractivity contribution in [2.24, 2.45) is 0 Å². The van der Waals surface area contributed by atoms with Crippen LogP contribution in [-0.4, -0.2) is 15.8 Å². The van der Waals surface area contributed by atoms with Crippen LogP contribution in [0.15, 0.2) is 35.2 Å². The topological polar surface area (TPSA) is 33.2 Å². The number of fused-ring (bicyclic) bond motifs is 1. The minimum absolute atomic E-state index is 0.159. The lowest BCUT2D eigenvalue weighted by atomic mass is 10.1. The summed E-state index contributed by atoms with van der Waals surface area (Å²) >= 11 is 1.53. The first-order valence-corrected chi connectivity index (χ1v) is 6.49. The van der Waals surface area contributed by atoms with Gasteiger partial charge in [0.15, 0.2) is 0 Å². The van der Waals surface area contributed by atoms with Gasteiger partial charge in [0.2, 0.25) is 5.91 Å². The molecular weight excluding hydrogens is 232 g/mol. The lowest BCUT2D eigenvalue weighted by molar-refractivity contribution is -0.131. The zero-order valence-corrected chi connectivity index (χ0v) is 10.1. The van der Waals surface area contributed by atoms with Crippen molar-refractivity contribution in [3.8, 4) is 0 Å². The van der Waals surface area contributed by atoms with Crippen LogP contribution < -0.4 is 0 Å². The number of thiazole rings is 1. The molecule has 3 rings (SSSR count). The molecule has 1 aliphatic rings. The Labute approximate surface area is 104 Å². The van der Waals surface area contributed by atoms with Gasteiger partial charge >= 0.3 is 0 Å². The Morgan fingerprint density at radius 1 is 1.29 bits per heavy atom. The second-order valence-electron chi connectivity index (χ2n) is 4.18. The van der Waals surface area contributed by atoms with Crippen LogP contribution in [-0.2, 0) is 24.3 Å². The van der Waals surface area contributed by atoms with Crippen molar-refractivity contribution in [1.82, 2.24) is 9.88 Å². The summed E-state index contributed by atoms with van der Waals surface area (Å²) in [5.41, 5.74) is 5.16. The van der Waals surface area contributed by atoms with Gasteiger partial charge in [0.05, 0.1) is 17.6 Å². The van der Waals surface area contributed by atoms with Gasteiger partial charge in [-0.05, 0) is 11.1 Å². The zero-order chi connectivity index (χ0) is 11.7. The molecule has 17 heavy (non-hydrogen) atoms. The molecule has 0 N–H and O–H groups in total. The lowest BCUT2D eigenvalue weighted by Gasteiger charge is -2.14. The third-order valence-electron chi connectivity index (χ3n) is 3.01. The Morgan fingerprint density at radius 3 is 2.59 bits per heavy atom. The van der Waals surface area contributed by atoms with Gasteiger partial charge in [0.1, 0.15) is 0 Å². The number of carbonyl (C=O) groups excluding carboxylic acids is 1. The number of rotatable bonds is 2. The quantitative estimate of drug-likeness (QED) is 0.811. The molecule has 0 unspecified atom stereocenters. The van der Waals surface area contributed by atoms with E-state index in [4.69, 9.17) is 0 Å². The fourth-order valence-corrected chi connectivity index (χ4v) is 2.66. The highest BCUT2D eigenvalue weighted by Gasteiger charge is 2.22. The van der Waals surface area contributed by atoms with E-state index in [1.165, 1.54) is 22.5 Å². The summed E-state index contributed by atoms with van der Waals surface area (Å²) in [7, 11) is 0. The van der Waals surface area contributed by atoms with Crippen molar-refractivity contribution in [2.75, 3.05) is 0 Å². The van der Waals surface area contributed by atoms with Gasteiger partial charge in [-0.25, -0.2) is 4.98 Å². The van der Waals surface area contributed by atoms with Crippen molar-refractivity contribution in [3.63, 3.8) is 0 Å². The van der Waals surface area contributed by atoms with E-state index in [0.717, 1.165) is 18.8 Å². The van der Waals surface area contributed by atoms with Gasteiger partial charge in [-0.15, -0.1) is 11.3 Å². The van der Waals surface area contributed by atoms with Gasteiger partial charge < -0.3 is 4.90 Å². The monoisotopic (exact) mass is 244 g/mol. The Bertz CT molecular complexity index is 511. The van der Waals surface area contributed by atoms with E-state index < -0.39 is 0 Å². The number of amides is 1. The Morgan fingerprint density at radius 2 is 2.00 bits per heavy atom. The maximum atomic E-state index is 12.1. The van der Waals surface area contributed by atoms with Crippen LogP contribution in [0.5, 0.6) is 0 Å². The smallest absolute Gasteiger partial charge is 0.229 e. The molecule has 0 radical (unpaired) electrons. The number of aromatic nitrogens is 1. The molecule has 4 heteroatoms. The number of hydrogen-bond donors (Lipinski definition) is 0. The molecule has 1 aromatic carbocycles. The lowest BCUT2D eigenvalue weighted by Crippen LogP contribution is -2.26. The normalized spacial score (nSPS) is 13.8. The first-order valence-electron chi connectivity index (χ1n) is 5.54. The van der Waals surface area contributed by atoms with Crippen molar-refractivity contribution in [3.05, 3.63) is 52.0 Å². The third-order valence-corrected chi connectivity index (χ3v) is 3.64. The minimum Gasteiger partial charge on any atom is -0.334 e. The first-order chi connectivity index (χ1) is 8.33. The average molecular weight is 244 g/mol. The predicted molar refractivity (Wildman–Crippen MR) is 66.5 cm³/mol. The van der Waals surface area contributed by atoms with E-state index >= 15 is 0 Å². The Balaban J connectivity index is 1.70. The van der Waals surface area contributed by atoms with Gasteiger partial charge in [-0.3, -0.25) is 4.79 Å². The van der Waals surface area contributed by atoms with Gasteiger partial charge in [0, 0.05) is 18.5 Å². The zero-order valence-electron chi connectivity index (χ0n) is 9.30. The van der Waals surface area contributed by atoms with Crippen LogP contribution in [0, 0.1) is 0 Å². The number of hydrogen-bond acceptors (Lipinski definition) is 3. The standard InChI is InChI=1S/C13H12N2OS/c16-13(5-12-8-17-9-14-12)15-6-10-3-1-2-4-11(10)7-15/h1-4,8-9H,5-7H2. The third kappa shape index (κ3) is 2.08. The summed E-state index contributed by atoms with van der Waals surface area (Å²) in [6.45, 7) is 1.47. The average Bonchev–Trinajstić information content (AvgIpc) is 2.96. The predicted octanol–water partition coefficient (Wildman–Crippen LogP) is 2.23. The summed E-state index contributed by atoms with van der Waals surface area (Å²) in [6.07, 6.45) is 0.414. The highest BCUT2D eigenvalue weighted by molar-refractivity contribution is 7.07. The maximum Gasteiger partial charge on any atom is 0.229 e. The summed E-state index contributed by atoms with van der Waals surface area (Å²) in [6, 6.07) is 8.22.